The molecule has 0 atom stereocenters. The Kier molecular flexibility index (Phi) is 4.95. The molecule has 1 aromatic heterocycles. The minimum absolute atomic E-state index is 0.0401. The third kappa shape index (κ3) is 3.82. The molecule has 126 valence electrons. The molecule has 0 aliphatic heterocycles. The lowest BCUT2D eigenvalue weighted by Gasteiger charge is -2.26. The molecule has 3 rings (SSSR count). The van der Waals surface area contributed by atoms with Gasteiger partial charge in [0.15, 0.2) is 0 Å². The highest BCUT2D eigenvalue weighted by atomic mass is 16.3. The van der Waals surface area contributed by atoms with E-state index in [2.05, 4.69) is 16.4 Å². The first kappa shape index (κ1) is 16.7. The van der Waals surface area contributed by atoms with Gasteiger partial charge in [0.25, 0.3) is 5.91 Å². The summed E-state index contributed by atoms with van der Waals surface area (Å²) in [7, 11) is 0. The molecule has 1 aliphatic rings. The van der Waals surface area contributed by atoms with Gasteiger partial charge in [0, 0.05) is 28.6 Å². The van der Waals surface area contributed by atoms with E-state index in [9.17, 15) is 9.90 Å². The number of pyridine rings is 1. The van der Waals surface area contributed by atoms with Crippen molar-refractivity contribution < 1.29 is 9.90 Å². The van der Waals surface area contributed by atoms with Gasteiger partial charge in [-0.15, -0.1) is 0 Å². The zero-order valence-corrected chi connectivity index (χ0v) is 14.2. The maximum atomic E-state index is 12.4. The zero-order valence-electron chi connectivity index (χ0n) is 14.2. The fourth-order valence-corrected chi connectivity index (χ4v) is 3.28. The molecule has 24 heavy (non-hydrogen) atoms. The van der Waals surface area contributed by atoms with Crippen LogP contribution in [0.3, 0.4) is 0 Å². The number of aryl methyl sites for hydroxylation is 2. The van der Waals surface area contributed by atoms with Crippen LogP contribution in [0, 0.1) is 13.8 Å². The number of aliphatic hydroxyl groups excluding tert-OH is 1. The third-order valence-electron chi connectivity index (χ3n) is 4.72. The molecule has 1 saturated carbocycles. The predicted molar refractivity (Wildman–Crippen MR) is 94.9 cm³/mol. The number of nitrogens with zero attached hydrogens (tertiary/aromatic N) is 1. The molecule has 1 amide bonds. The van der Waals surface area contributed by atoms with Crippen LogP contribution in [0.2, 0.25) is 0 Å². The minimum atomic E-state index is -0.205. The fraction of sp³-hybridized carbons (Fsp3) is 0.400. The highest BCUT2D eigenvalue weighted by Gasteiger charge is 2.21. The van der Waals surface area contributed by atoms with E-state index in [0.29, 0.717) is 5.56 Å². The average molecular weight is 324 g/mol. The molecule has 1 heterocycles. The predicted octanol–water partition coefficient (Wildman–Crippen LogP) is 3.40. The Hall–Kier alpha value is -2.20. The summed E-state index contributed by atoms with van der Waals surface area (Å²) in [6.45, 7) is 3.98. The lowest BCUT2D eigenvalue weighted by Crippen LogP contribution is -2.38. The Morgan fingerprint density at radius 2 is 1.71 bits per heavy atom. The topological polar surface area (TPSA) is 62.2 Å². The van der Waals surface area contributed by atoms with Gasteiger partial charge in [0.05, 0.1) is 6.10 Å². The molecule has 0 bridgehead atoms. The van der Waals surface area contributed by atoms with Crippen molar-refractivity contribution in [3.63, 3.8) is 0 Å². The smallest absolute Gasteiger partial charge is 0.251 e. The van der Waals surface area contributed by atoms with Gasteiger partial charge in [-0.2, -0.15) is 0 Å². The molecule has 0 unspecified atom stereocenters. The molecule has 0 spiro atoms. The summed E-state index contributed by atoms with van der Waals surface area (Å²) in [5.41, 5.74) is 4.83. The number of carbonyl (C=O) groups is 1. The first-order valence-electron chi connectivity index (χ1n) is 8.56. The van der Waals surface area contributed by atoms with Crippen molar-refractivity contribution in [1.82, 2.24) is 10.3 Å². The van der Waals surface area contributed by atoms with Crippen molar-refractivity contribution >= 4 is 5.91 Å². The second kappa shape index (κ2) is 7.14. The number of benzene rings is 1. The number of rotatable bonds is 3. The van der Waals surface area contributed by atoms with Gasteiger partial charge >= 0.3 is 0 Å². The third-order valence-corrected chi connectivity index (χ3v) is 4.72. The normalized spacial score (nSPS) is 20.6. The molecule has 0 saturated heterocycles. The highest BCUT2D eigenvalue weighted by Crippen LogP contribution is 2.23. The second-order valence-electron chi connectivity index (χ2n) is 6.64. The number of carbonyl (C=O) groups excluding carboxylic acids is 1. The lowest BCUT2D eigenvalue weighted by molar-refractivity contribution is 0.0867. The Bertz CT molecular complexity index is 717. The van der Waals surface area contributed by atoms with E-state index < -0.39 is 0 Å². The summed E-state index contributed by atoms with van der Waals surface area (Å²) in [6.07, 6.45) is 3.02. The monoisotopic (exact) mass is 324 g/mol. The second-order valence-corrected chi connectivity index (χ2v) is 6.64. The van der Waals surface area contributed by atoms with Gasteiger partial charge in [0.2, 0.25) is 0 Å². The van der Waals surface area contributed by atoms with Gasteiger partial charge in [-0.1, -0.05) is 18.2 Å². The quantitative estimate of drug-likeness (QED) is 0.909. The van der Waals surface area contributed by atoms with Crippen molar-refractivity contribution in [2.75, 3.05) is 0 Å². The average Bonchev–Trinajstić information content (AvgIpc) is 2.57. The molecular formula is C20H24N2O2. The maximum absolute atomic E-state index is 12.4. The first-order valence-corrected chi connectivity index (χ1v) is 8.56. The van der Waals surface area contributed by atoms with Crippen LogP contribution in [0.5, 0.6) is 0 Å². The van der Waals surface area contributed by atoms with Gasteiger partial charge in [-0.3, -0.25) is 9.78 Å². The van der Waals surface area contributed by atoms with Crippen LogP contribution in [0.1, 0.15) is 47.4 Å². The summed E-state index contributed by atoms with van der Waals surface area (Å²) < 4.78 is 0. The van der Waals surface area contributed by atoms with Crippen LogP contribution >= 0.6 is 0 Å². The van der Waals surface area contributed by atoms with Gasteiger partial charge in [0.1, 0.15) is 0 Å². The van der Waals surface area contributed by atoms with Crippen LogP contribution in [0.25, 0.3) is 11.1 Å². The van der Waals surface area contributed by atoms with Crippen molar-refractivity contribution in [2.45, 2.75) is 51.7 Å². The van der Waals surface area contributed by atoms with E-state index in [1.165, 1.54) is 0 Å². The fourth-order valence-electron chi connectivity index (χ4n) is 3.28. The minimum Gasteiger partial charge on any atom is -0.393 e. The Morgan fingerprint density at radius 3 is 2.33 bits per heavy atom. The maximum Gasteiger partial charge on any atom is 0.251 e. The largest absolute Gasteiger partial charge is 0.393 e. The molecular weight excluding hydrogens is 300 g/mol. The standard InChI is InChI=1S/C20H24N2O2/c1-13-3-12-19(14(2)21-13)15-4-6-16(7-5-15)20(24)22-17-8-10-18(23)11-9-17/h3-7,12,17-18,23H,8-11H2,1-2H3,(H,22,24). The molecule has 1 aromatic carbocycles. The Labute approximate surface area is 142 Å². The van der Waals surface area contributed by atoms with E-state index in [1.807, 2.05) is 44.2 Å². The van der Waals surface area contributed by atoms with Crippen molar-refractivity contribution in [3.8, 4) is 11.1 Å². The number of hydrogen-bond acceptors (Lipinski definition) is 3. The highest BCUT2D eigenvalue weighted by molar-refractivity contribution is 5.94. The Balaban J connectivity index is 1.68. The van der Waals surface area contributed by atoms with E-state index in [1.54, 1.807) is 0 Å². The molecule has 1 fully saturated rings. The van der Waals surface area contributed by atoms with Crippen molar-refractivity contribution in [1.29, 1.82) is 0 Å². The van der Waals surface area contributed by atoms with Crippen LogP contribution in [-0.4, -0.2) is 28.1 Å². The van der Waals surface area contributed by atoms with Crippen LogP contribution in [-0.2, 0) is 0 Å². The molecule has 1 aliphatic carbocycles. The number of amides is 1. The molecule has 4 heteroatoms. The summed E-state index contributed by atoms with van der Waals surface area (Å²) in [5.74, 6) is -0.0401. The lowest BCUT2D eigenvalue weighted by atomic mass is 9.93. The molecule has 2 aromatic rings. The number of aliphatic hydroxyl groups is 1. The summed E-state index contributed by atoms with van der Waals surface area (Å²) in [5, 5.41) is 12.6. The number of nitrogens with one attached hydrogen (secondary N) is 1. The van der Waals surface area contributed by atoms with E-state index in [0.717, 1.165) is 48.2 Å². The van der Waals surface area contributed by atoms with Crippen LogP contribution < -0.4 is 5.32 Å². The van der Waals surface area contributed by atoms with Crippen LogP contribution in [0.15, 0.2) is 36.4 Å². The van der Waals surface area contributed by atoms with Gasteiger partial charge in [-0.25, -0.2) is 0 Å². The molecule has 4 nitrogen and oxygen atoms in total. The SMILES string of the molecule is Cc1ccc(-c2ccc(C(=O)NC3CCC(O)CC3)cc2)c(C)n1. The van der Waals surface area contributed by atoms with E-state index in [-0.39, 0.29) is 18.1 Å². The van der Waals surface area contributed by atoms with Gasteiger partial charge < -0.3 is 10.4 Å². The van der Waals surface area contributed by atoms with Gasteiger partial charge in [-0.05, 0) is 63.3 Å². The molecule has 2 N–H and O–H groups in total. The van der Waals surface area contributed by atoms with Crippen LogP contribution in [0.4, 0.5) is 0 Å². The number of aromatic nitrogens is 1. The first-order chi connectivity index (χ1) is 11.5. The Morgan fingerprint density at radius 1 is 1.04 bits per heavy atom. The summed E-state index contributed by atoms with van der Waals surface area (Å²) in [4.78, 5) is 16.9. The summed E-state index contributed by atoms with van der Waals surface area (Å²) >= 11 is 0. The molecule has 0 radical (unpaired) electrons. The van der Waals surface area contributed by atoms with E-state index >= 15 is 0 Å². The summed E-state index contributed by atoms with van der Waals surface area (Å²) in [6, 6.07) is 11.9. The number of hydrogen-bond donors (Lipinski definition) is 2. The van der Waals surface area contributed by atoms with Crippen molar-refractivity contribution in [2.24, 2.45) is 0 Å². The zero-order chi connectivity index (χ0) is 17.1. The van der Waals surface area contributed by atoms with E-state index in [4.69, 9.17) is 0 Å². The van der Waals surface area contributed by atoms with Crippen molar-refractivity contribution in [3.05, 3.63) is 53.3 Å².